The lowest BCUT2D eigenvalue weighted by Gasteiger charge is -2.07. The molecule has 9 heteroatoms. The number of hydrogen-bond acceptors (Lipinski definition) is 8. The smallest absolute Gasteiger partial charge is 0.341 e. The van der Waals surface area contributed by atoms with Crippen molar-refractivity contribution in [2.75, 3.05) is 7.11 Å². The van der Waals surface area contributed by atoms with E-state index in [1.165, 1.54) is 7.11 Å². The molecular weight excluding hydrogens is 402 g/mol. The van der Waals surface area contributed by atoms with E-state index in [9.17, 15) is 9.59 Å². The van der Waals surface area contributed by atoms with E-state index in [0.717, 1.165) is 11.3 Å². The van der Waals surface area contributed by atoms with Crippen molar-refractivity contribution in [3.63, 3.8) is 0 Å². The van der Waals surface area contributed by atoms with E-state index >= 15 is 0 Å². The van der Waals surface area contributed by atoms with Gasteiger partial charge >= 0.3 is 5.97 Å². The van der Waals surface area contributed by atoms with E-state index < -0.39 is 5.97 Å². The normalized spacial score (nSPS) is 11.1. The topological polar surface area (TPSA) is 121 Å². The largest absolute Gasteiger partial charge is 0.466 e. The average molecular weight is 423 g/mol. The van der Waals surface area contributed by atoms with Gasteiger partial charge in [-0.15, -0.1) is 0 Å². The summed E-state index contributed by atoms with van der Waals surface area (Å²) in [6, 6.07) is 5.10. The van der Waals surface area contributed by atoms with Gasteiger partial charge in [-0.3, -0.25) is 4.79 Å². The third kappa shape index (κ3) is 3.70. The maximum Gasteiger partial charge on any atom is 0.341 e. The Labute approximate surface area is 177 Å². The number of methoxy groups -OCH3 is 1. The molecular formula is C22H21N3O6. The van der Waals surface area contributed by atoms with Gasteiger partial charge in [-0.1, -0.05) is 5.16 Å². The van der Waals surface area contributed by atoms with E-state index in [-0.39, 0.29) is 18.2 Å². The molecule has 4 aromatic heterocycles. The molecule has 0 saturated carbocycles. The van der Waals surface area contributed by atoms with E-state index in [0.29, 0.717) is 45.2 Å². The van der Waals surface area contributed by atoms with Crippen molar-refractivity contribution in [2.24, 2.45) is 0 Å². The molecule has 1 amide bonds. The minimum atomic E-state index is -0.495. The SMILES string of the molecule is COC(=O)c1cc(CNC(=O)c2cc(-c3cc(C)oc3C)nc3onc(C)c23)oc1C. The van der Waals surface area contributed by atoms with Crippen LogP contribution in [0.2, 0.25) is 0 Å². The van der Waals surface area contributed by atoms with E-state index in [2.05, 4.69) is 15.5 Å². The monoisotopic (exact) mass is 423 g/mol. The zero-order valence-electron chi connectivity index (χ0n) is 17.8. The van der Waals surface area contributed by atoms with Crippen molar-refractivity contribution in [3.05, 3.63) is 58.1 Å². The number of esters is 1. The second kappa shape index (κ2) is 7.75. The molecule has 0 spiro atoms. The molecule has 0 aliphatic heterocycles. The molecule has 0 fully saturated rings. The second-order valence-electron chi connectivity index (χ2n) is 7.19. The Kier molecular flexibility index (Phi) is 5.10. The van der Waals surface area contributed by atoms with Crippen LogP contribution in [0.4, 0.5) is 0 Å². The minimum Gasteiger partial charge on any atom is -0.466 e. The Bertz CT molecular complexity index is 1310. The molecule has 0 saturated heterocycles. The Hall–Kier alpha value is -3.88. The summed E-state index contributed by atoms with van der Waals surface area (Å²) < 4.78 is 21.2. The standard InChI is InChI=1S/C22H21N3O6/c1-10-6-15(12(3)29-10)18-8-17(19-11(2)25-31-21(19)24-18)20(26)23-9-14-7-16(13(4)30-14)22(27)28-5/h6-8H,9H2,1-5H3,(H,23,26). The lowest BCUT2D eigenvalue weighted by Crippen LogP contribution is -2.23. The van der Waals surface area contributed by atoms with Crippen molar-refractivity contribution in [1.29, 1.82) is 0 Å². The van der Waals surface area contributed by atoms with E-state index in [4.69, 9.17) is 18.1 Å². The zero-order chi connectivity index (χ0) is 22.3. The number of furan rings is 2. The first-order valence-electron chi connectivity index (χ1n) is 9.58. The Morgan fingerprint density at radius 3 is 2.48 bits per heavy atom. The molecule has 4 aromatic rings. The molecule has 160 valence electrons. The molecule has 0 aromatic carbocycles. The summed E-state index contributed by atoms with van der Waals surface area (Å²) in [7, 11) is 1.30. The fraction of sp³-hybridized carbons (Fsp3) is 0.273. The molecule has 9 nitrogen and oxygen atoms in total. The fourth-order valence-electron chi connectivity index (χ4n) is 3.50. The van der Waals surface area contributed by atoms with Crippen LogP contribution in [-0.2, 0) is 11.3 Å². The quantitative estimate of drug-likeness (QED) is 0.478. The third-order valence-corrected chi connectivity index (χ3v) is 4.98. The number of hydrogen-bond donors (Lipinski definition) is 1. The number of ether oxygens (including phenoxy) is 1. The van der Waals surface area contributed by atoms with E-state index in [1.807, 2.05) is 19.9 Å². The van der Waals surface area contributed by atoms with Crippen LogP contribution in [-0.4, -0.2) is 29.1 Å². The summed E-state index contributed by atoms with van der Waals surface area (Å²) >= 11 is 0. The average Bonchev–Trinajstić information content (AvgIpc) is 3.41. The Morgan fingerprint density at radius 1 is 1.03 bits per heavy atom. The number of pyridine rings is 1. The van der Waals surface area contributed by atoms with Crippen molar-refractivity contribution in [2.45, 2.75) is 34.2 Å². The molecule has 0 bridgehead atoms. The van der Waals surface area contributed by atoms with Gasteiger partial charge in [-0.2, -0.15) is 0 Å². The summed E-state index contributed by atoms with van der Waals surface area (Å²) in [6.45, 7) is 7.17. The number of fused-ring (bicyclic) bond motifs is 1. The van der Waals surface area contributed by atoms with Crippen LogP contribution in [0, 0.1) is 27.7 Å². The van der Waals surface area contributed by atoms with Crippen molar-refractivity contribution >= 4 is 23.0 Å². The molecule has 4 rings (SSSR count). The van der Waals surface area contributed by atoms with Gasteiger partial charge in [-0.25, -0.2) is 9.78 Å². The van der Waals surface area contributed by atoms with Crippen molar-refractivity contribution in [1.82, 2.24) is 15.5 Å². The van der Waals surface area contributed by atoms with Crippen molar-refractivity contribution < 1.29 is 27.7 Å². The summed E-state index contributed by atoms with van der Waals surface area (Å²) in [5.74, 6) is 1.43. The highest BCUT2D eigenvalue weighted by Crippen LogP contribution is 2.30. The predicted molar refractivity (Wildman–Crippen MR) is 110 cm³/mol. The maximum atomic E-state index is 13.1. The predicted octanol–water partition coefficient (Wildman–Crippen LogP) is 4.03. The van der Waals surface area contributed by atoms with E-state index in [1.54, 1.807) is 26.0 Å². The lowest BCUT2D eigenvalue weighted by atomic mass is 10.1. The number of carbonyl (C=O) groups excluding carboxylic acids is 2. The zero-order valence-corrected chi connectivity index (χ0v) is 17.8. The first-order valence-corrected chi connectivity index (χ1v) is 9.58. The van der Waals surface area contributed by atoms with Crippen LogP contribution in [0.15, 0.2) is 31.6 Å². The van der Waals surface area contributed by atoms with Crippen LogP contribution < -0.4 is 5.32 Å². The highest BCUT2D eigenvalue weighted by Gasteiger charge is 2.22. The maximum absolute atomic E-state index is 13.1. The summed E-state index contributed by atoms with van der Waals surface area (Å²) in [4.78, 5) is 29.3. The van der Waals surface area contributed by atoms with Gasteiger partial charge in [-0.05, 0) is 45.9 Å². The minimum absolute atomic E-state index is 0.0873. The van der Waals surface area contributed by atoms with Gasteiger partial charge in [0.25, 0.3) is 11.6 Å². The summed E-state index contributed by atoms with van der Waals surface area (Å²) in [5.41, 5.74) is 2.83. The molecule has 0 radical (unpaired) electrons. The number of aryl methyl sites for hydroxylation is 4. The Morgan fingerprint density at radius 2 is 1.81 bits per heavy atom. The van der Waals surface area contributed by atoms with Crippen LogP contribution in [0.5, 0.6) is 0 Å². The molecule has 1 N–H and O–H groups in total. The fourth-order valence-corrected chi connectivity index (χ4v) is 3.50. The number of aromatic nitrogens is 2. The van der Waals surface area contributed by atoms with Gasteiger partial charge in [0.2, 0.25) is 0 Å². The van der Waals surface area contributed by atoms with Gasteiger partial charge < -0.3 is 23.4 Å². The number of nitrogens with zero attached hydrogens (tertiary/aromatic N) is 2. The molecule has 4 heterocycles. The Balaban J connectivity index is 1.67. The number of amides is 1. The van der Waals surface area contributed by atoms with Gasteiger partial charge in [0.1, 0.15) is 28.6 Å². The molecule has 0 atom stereocenters. The molecule has 0 aliphatic carbocycles. The number of nitrogens with one attached hydrogen (secondary N) is 1. The van der Waals surface area contributed by atoms with Gasteiger partial charge in [0.05, 0.1) is 36.0 Å². The second-order valence-corrected chi connectivity index (χ2v) is 7.19. The summed E-state index contributed by atoms with van der Waals surface area (Å²) in [6.07, 6.45) is 0. The molecule has 31 heavy (non-hydrogen) atoms. The molecule has 0 aliphatic rings. The number of carbonyl (C=O) groups is 2. The van der Waals surface area contributed by atoms with Crippen LogP contribution in [0.1, 0.15) is 49.5 Å². The van der Waals surface area contributed by atoms with Crippen molar-refractivity contribution in [3.8, 4) is 11.3 Å². The van der Waals surface area contributed by atoms with Gasteiger partial charge in [0.15, 0.2) is 0 Å². The lowest BCUT2D eigenvalue weighted by molar-refractivity contribution is 0.0598. The number of rotatable bonds is 5. The highest BCUT2D eigenvalue weighted by molar-refractivity contribution is 6.07. The van der Waals surface area contributed by atoms with Crippen LogP contribution in [0.25, 0.3) is 22.4 Å². The van der Waals surface area contributed by atoms with Gasteiger partial charge in [0, 0.05) is 5.56 Å². The first-order chi connectivity index (χ1) is 14.8. The van der Waals surface area contributed by atoms with Crippen LogP contribution in [0.3, 0.4) is 0 Å². The molecule has 0 unspecified atom stereocenters. The summed E-state index contributed by atoms with van der Waals surface area (Å²) in [5, 5.41) is 7.30. The third-order valence-electron chi connectivity index (χ3n) is 4.98. The van der Waals surface area contributed by atoms with Crippen LogP contribution >= 0.6 is 0 Å². The highest BCUT2D eigenvalue weighted by atomic mass is 16.5. The first kappa shape index (κ1) is 20.4.